The zero-order valence-electron chi connectivity index (χ0n) is 9.88. The summed E-state index contributed by atoms with van der Waals surface area (Å²) in [5.41, 5.74) is 1.26. The number of aromatic nitrogens is 1. The maximum atomic E-state index is 11.6. The van der Waals surface area contributed by atoms with Crippen LogP contribution in [0.25, 0.3) is 11.1 Å². The van der Waals surface area contributed by atoms with Gasteiger partial charge in [0, 0.05) is 13.2 Å². The zero-order valence-corrected chi connectivity index (χ0v) is 9.88. The lowest BCUT2D eigenvalue weighted by Crippen LogP contribution is -2.14. The van der Waals surface area contributed by atoms with Crippen LogP contribution < -0.4 is 5.76 Å². The minimum absolute atomic E-state index is 0.000637. The van der Waals surface area contributed by atoms with Crippen molar-refractivity contribution >= 4 is 17.1 Å². The van der Waals surface area contributed by atoms with Crippen molar-refractivity contribution in [2.75, 3.05) is 13.7 Å². The predicted molar refractivity (Wildman–Crippen MR) is 63.5 cm³/mol. The van der Waals surface area contributed by atoms with Crippen molar-refractivity contribution in [2.45, 2.75) is 13.0 Å². The fraction of sp³-hybridized carbons (Fsp3) is 0.333. The number of carbonyl (C=O) groups excluding carboxylic acids is 1. The molecule has 0 saturated heterocycles. The van der Waals surface area contributed by atoms with Crippen LogP contribution in [0.5, 0.6) is 0 Å². The lowest BCUT2D eigenvalue weighted by molar-refractivity contribution is 0.0601. The molecule has 1 aromatic heterocycles. The quantitative estimate of drug-likeness (QED) is 0.811. The van der Waals surface area contributed by atoms with E-state index in [1.54, 1.807) is 12.1 Å². The van der Waals surface area contributed by atoms with Crippen molar-refractivity contribution in [3.63, 3.8) is 0 Å². The molecule has 0 aliphatic rings. The third-order valence-corrected chi connectivity index (χ3v) is 2.63. The van der Waals surface area contributed by atoms with Gasteiger partial charge >= 0.3 is 11.7 Å². The van der Waals surface area contributed by atoms with E-state index in [0.29, 0.717) is 29.6 Å². The summed E-state index contributed by atoms with van der Waals surface area (Å²) in [6, 6.07) is 4.67. The molecule has 0 amide bonds. The van der Waals surface area contributed by atoms with Crippen LogP contribution >= 0.6 is 0 Å². The first kappa shape index (κ1) is 12.4. The van der Waals surface area contributed by atoms with Gasteiger partial charge in [0.05, 0.1) is 18.2 Å². The van der Waals surface area contributed by atoms with Gasteiger partial charge in [0.1, 0.15) is 0 Å². The van der Waals surface area contributed by atoms with Crippen LogP contribution in [-0.4, -0.2) is 29.4 Å². The van der Waals surface area contributed by atoms with Crippen LogP contribution in [0.2, 0.25) is 0 Å². The molecule has 0 atom stereocenters. The van der Waals surface area contributed by atoms with Gasteiger partial charge in [-0.05, 0) is 24.6 Å². The van der Waals surface area contributed by atoms with Gasteiger partial charge in [-0.2, -0.15) is 0 Å². The Kier molecular flexibility index (Phi) is 3.47. The molecule has 6 heteroatoms. The fourth-order valence-corrected chi connectivity index (χ4v) is 1.75. The molecule has 1 aromatic carbocycles. The first-order valence-electron chi connectivity index (χ1n) is 5.50. The van der Waals surface area contributed by atoms with Crippen molar-refractivity contribution in [3.8, 4) is 0 Å². The molecule has 0 aliphatic carbocycles. The standard InChI is InChI=1S/C12H13NO5/c1-17-11(15)8-3-4-9-10(7-8)18-12(16)13(9)5-2-6-14/h3-4,7,14H,2,5-6H2,1H3. The van der Waals surface area contributed by atoms with Crippen molar-refractivity contribution in [1.82, 2.24) is 4.57 Å². The lowest BCUT2D eigenvalue weighted by Gasteiger charge is -2.01. The number of methoxy groups -OCH3 is 1. The van der Waals surface area contributed by atoms with Crippen LogP contribution in [-0.2, 0) is 11.3 Å². The highest BCUT2D eigenvalue weighted by Gasteiger charge is 2.12. The average Bonchev–Trinajstić information content (AvgIpc) is 2.70. The van der Waals surface area contributed by atoms with Crippen molar-refractivity contribution in [3.05, 3.63) is 34.3 Å². The molecule has 1 heterocycles. The zero-order chi connectivity index (χ0) is 13.1. The molecule has 2 aromatic rings. The molecule has 0 unspecified atom stereocenters. The Morgan fingerprint density at radius 2 is 2.28 bits per heavy atom. The molecular weight excluding hydrogens is 238 g/mol. The normalized spacial score (nSPS) is 10.8. The number of aliphatic hydroxyl groups is 1. The summed E-state index contributed by atoms with van der Waals surface area (Å²) in [5.74, 6) is -0.983. The van der Waals surface area contributed by atoms with Gasteiger partial charge in [0.2, 0.25) is 0 Å². The molecule has 0 bridgehead atoms. The van der Waals surface area contributed by atoms with Crippen molar-refractivity contribution < 1.29 is 19.1 Å². The second-order valence-corrected chi connectivity index (χ2v) is 3.77. The van der Waals surface area contributed by atoms with Gasteiger partial charge in [-0.15, -0.1) is 0 Å². The van der Waals surface area contributed by atoms with Gasteiger partial charge < -0.3 is 14.3 Å². The predicted octanol–water partition coefficient (Wildman–Crippen LogP) is 0.763. The van der Waals surface area contributed by atoms with E-state index in [9.17, 15) is 9.59 Å². The van der Waals surface area contributed by atoms with Crippen LogP contribution in [0.4, 0.5) is 0 Å². The van der Waals surface area contributed by atoms with Gasteiger partial charge in [-0.3, -0.25) is 4.57 Å². The number of carbonyl (C=O) groups is 1. The number of aryl methyl sites for hydroxylation is 1. The van der Waals surface area contributed by atoms with E-state index in [-0.39, 0.29) is 6.61 Å². The number of ether oxygens (including phenoxy) is 1. The Hall–Kier alpha value is -2.08. The Balaban J connectivity index is 2.47. The van der Waals surface area contributed by atoms with E-state index in [2.05, 4.69) is 4.74 Å². The maximum Gasteiger partial charge on any atom is 0.419 e. The minimum atomic E-state index is -0.500. The Morgan fingerprint density at radius 3 is 2.94 bits per heavy atom. The average molecular weight is 251 g/mol. The topological polar surface area (TPSA) is 81.7 Å². The molecule has 2 rings (SSSR count). The fourth-order valence-electron chi connectivity index (χ4n) is 1.75. The number of aliphatic hydroxyl groups excluding tert-OH is 1. The second kappa shape index (κ2) is 5.05. The number of fused-ring (bicyclic) bond motifs is 1. The largest absolute Gasteiger partial charge is 0.465 e. The smallest absolute Gasteiger partial charge is 0.419 e. The first-order chi connectivity index (χ1) is 8.67. The van der Waals surface area contributed by atoms with Gasteiger partial charge in [0.25, 0.3) is 0 Å². The van der Waals surface area contributed by atoms with Gasteiger partial charge in [-0.25, -0.2) is 9.59 Å². The van der Waals surface area contributed by atoms with Crippen LogP contribution in [0, 0.1) is 0 Å². The first-order valence-corrected chi connectivity index (χ1v) is 5.50. The third kappa shape index (κ3) is 2.14. The molecule has 0 spiro atoms. The highest BCUT2D eigenvalue weighted by molar-refractivity contribution is 5.93. The number of rotatable bonds is 4. The van der Waals surface area contributed by atoms with E-state index in [1.807, 2.05) is 0 Å². The van der Waals surface area contributed by atoms with Crippen molar-refractivity contribution in [2.24, 2.45) is 0 Å². The molecule has 96 valence electrons. The summed E-state index contributed by atoms with van der Waals surface area (Å²) in [7, 11) is 1.29. The molecule has 18 heavy (non-hydrogen) atoms. The highest BCUT2D eigenvalue weighted by Crippen LogP contribution is 2.16. The molecule has 0 aliphatic heterocycles. The number of esters is 1. The van der Waals surface area contributed by atoms with E-state index in [4.69, 9.17) is 9.52 Å². The summed E-state index contributed by atoms with van der Waals surface area (Å²) in [5, 5.41) is 8.77. The highest BCUT2D eigenvalue weighted by atomic mass is 16.5. The molecule has 0 radical (unpaired) electrons. The van der Waals surface area contributed by atoms with Crippen LogP contribution in [0.1, 0.15) is 16.8 Å². The van der Waals surface area contributed by atoms with E-state index in [0.717, 1.165) is 0 Å². The minimum Gasteiger partial charge on any atom is -0.465 e. The maximum absolute atomic E-state index is 11.6. The van der Waals surface area contributed by atoms with Crippen molar-refractivity contribution in [1.29, 1.82) is 0 Å². The monoisotopic (exact) mass is 251 g/mol. The molecule has 6 nitrogen and oxygen atoms in total. The van der Waals surface area contributed by atoms with E-state index < -0.39 is 11.7 Å². The summed E-state index contributed by atoms with van der Waals surface area (Å²) in [6.45, 7) is 0.374. The SMILES string of the molecule is COC(=O)c1ccc2c(c1)oc(=O)n2CCCO. The van der Waals surface area contributed by atoms with Crippen LogP contribution in [0.15, 0.2) is 27.4 Å². The lowest BCUT2D eigenvalue weighted by atomic mass is 10.2. The van der Waals surface area contributed by atoms with E-state index in [1.165, 1.54) is 17.7 Å². The number of hydrogen-bond acceptors (Lipinski definition) is 5. The van der Waals surface area contributed by atoms with Crippen LogP contribution in [0.3, 0.4) is 0 Å². The Morgan fingerprint density at radius 1 is 1.50 bits per heavy atom. The second-order valence-electron chi connectivity index (χ2n) is 3.77. The number of oxazole rings is 1. The van der Waals surface area contributed by atoms with Gasteiger partial charge in [0.15, 0.2) is 5.58 Å². The Labute approximate surface area is 102 Å². The molecular formula is C12H13NO5. The summed E-state index contributed by atoms with van der Waals surface area (Å²) < 4.78 is 11.1. The third-order valence-electron chi connectivity index (χ3n) is 2.63. The summed E-state index contributed by atoms with van der Waals surface area (Å²) in [4.78, 5) is 22.9. The number of nitrogens with zero attached hydrogens (tertiary/aromatic N) is 1. The number of hydrogen-bond donors (Lipinski definition) is 1. The summed E-state index contributed by atoms with van der Waals surface area (Å²) in [6.07, 6.45) is 0.466. The number of benzene rings is 1. The molecule has 1 N–H and O–H groups in total. The molecule has 0 saturated carbocycles. The van der Waals surface area contributed by atoms with E-state index >= 15 is 0 Å². The molecule has 0 fully saturated rings. The summed E-state index contributed by atoms with van der Waals surface area (Å²) >= 11 is 0. The Bertz CT molecular complexity index is 625. The van der Waals surface area contributed by atoms with Gasteiger partial charge in [-0.1, -0.05) is 0 Å².